The Morgan fingerprint density at radius 2 is 1.88 bits per heavy atom. The number of carbonyl (C=O) groups is 1. The van der Waals surface area contributed by atoms with Crippen LogP contribution in [0, 0.1) is 5.92 Å². The summed E-state index contributed by atoms with van der Waals surface area (Å²) in [5, 5.41) is 3.46. The molecular weight excluding hydrogens is 334 g/mol. The number of piperidine rings is 1. The normalized spacial score (nSPS) is 26.1. The van der Waals surface area contributed by atoms with Gasteiger partial charge in [0.25, 0.3) is 0 Å². The summed E-state index contributed by atoms with van der Waals surface area (Å²) in [5.74, 6) is 1.10. The first kappa shape index (κ1) is 18.5. The number of hydrogen-bond donors (Lipinski definition) is 1. The highest BCUT2D eigenvalue weighted by molar-refractivity contribution is 5.85. The number of benzene rings is 1. The van der Waals surface area contributed by atoms with Crippen LogP contribution in [0.15, 0.2) is 24.3 Å². The zero-order valence-corrected chi connectivity index (χ0v) is 15.8. The molecule has 0 spiro atoms. The van der Waals surface area contributed by atoms with E-state index in [0.717, 1.165) is 32.1 Å². The van der Waals surface area contributed by atoms with Crippen LogP contribution in [-0.2, 0) is 11.3 Å². The lowest BCUT2D eigenvalue weighted by Crippen LogP contribution is -2.52. The Balaban J connectivity index is 0.00000182. The number of likely N-dealkylation sites (tertiary alicyclic amines) is 1. The summed E-state index contributed by atoms with van der Waals surface area (Å²) < 4.78 is 0. The summed E-state index contributed by atoms with van der Waals surface area (Å²) in [4.78, 5) is 17.6. The molecule has 2 fully saturated rings. The predicted molar refractivity (Wildman–Crippen MR) is 104 cm³/mol. The van der Waals surface area contributed by atoms with Crippen LogP contribution >= 0.6 is 12.4 Å². The second kappa shape index (κ2) is 8.41. The highest BCUT2D eigenvalue weighted by Gasteiger charge is 2.36. The van der Waals surface area contributed by atoms with Gasteiger partial charge in [0.2, 0.25) is 5.91 Å². The molecule has 1 saturated heterocycles. The van der Waals surface area contributed by atoms with Gasteiger partial charge in [0.15, 0.2) is 0 Å². The van der Waals surface area contributed by atoms with Crippen LogP contribution in [0.5, 0.6) is 0 Å². The predicted octanol–water partition coefficient (Wildman–Crippen LogP) is 3.20. The van der Waals surface area contributed by atoms with Crippen molar-refractivity contribution in [1.82, 2.24) is 10.2 Å². The van der Waals surface area contributed by atoms with Crippen molar-refractivity contribution in [1.29, 1.82) is 0 Å². The molecule has 1 aromatic rings. The fourth-order valence-corrected chi connectivity index (χ4v) is 4.88. The average molecular weight is 364 g/mol. The van der Waals surface area contributed by atoms with Gasteiger partial charge in [-0.05, 0) is 43.2 Å². The number of hydrogen-bond acceptors (Lipinski definition) is 3. The van der Waals surface area contributed by atoms with Crippen molar-refractivity contribution in [3.63, 3.8) is 0 Å². The maximum absolute atomic E-state index is 13.1. The zero-order valence-electron chi connectivity index (χ0n) is 15.0. The lowest BCUT2D eigenvalue weighted by Gasteiger charge is -2.44. The van der Waals surface area contributed by atoms with Gasteiger partial charge in [-0.1, -0.05) is 31.0 Å². The fourth-order valence-electron chi connectivity index (χ4n) is 4.88. The number of halogens is 1. The largest absolute Gasteiger partial charge is 0.361 e. The number of para-hydroxylation sites is 1. The number of nitrogens with one attached hydrogen (secondary N) is 1. The minimum atomic E-state index is 0. The van der Waals surface area contributed by atoms with E-state index in [9.17, 15) is 4.79 Å². The van der Waals surface area contributed by atoms with Crippen LogP contribution in [0.25, 0.3) is 0 Å². The molecule has 2 heterocycles. The van der Waals surface area contributed by atoms with Gasteiger partial charge in [0.1, 0.15) is 0 Å². The van der Waals surface area contributed by atoms with Gasteiger partial charge in [-0.2, -0.15) is 0 Å². The highest BCUT2D eigenvalue weighted by atomic mass is 35.5. The van der Waals surface area contributed by atoms with E-state index in [0.29, 0.717) is 18.5 Å². The van der Waals surface area contributed by atoms with Crippen molar-refractivity contribution < 1.29 is 4.79 Å². The van der Waals surface area contributed by atoms with Gasteiger partial charge in [0, 0.05) is 37.9 Å². The van der Waals surface area contributed by atoms with Gasteiger partial charge in [0.05, 0.1) is 6.54 Å². The third-order valence-corrected chi connectivity index (χ3v) is 6.10. The number of nitrogens with zero attached hydrogens (tertiary/aromatic N) is 2. The lowest BCUT2D eigenvalue weighted by atomic mass is 9.78. The molecule has 1 aliphatic carbocycles. The van der Waals surface area contributed by atoms with Gasteiger partial charge in [-0.15, -0.1) is 12.4 Å². The quantitative estimate of drug-likeness (QED) is 0.876. The van der Waals surface area contributed by atoms with E-state index < -0.39 is 0 Å². The van der Waals surface area contributed by atoms with Crippen LogP contribution in [0.2, 0.25) is 0 Å². The van der Waals surface area contributed by atoms with Crippen molar-refractivity contribution >= 4 is 24.0 Å². The standard InChI is InChI=1S/C20H29N3O.ClH/c24-20(23-12-5-8-16-6-1-4-10-19(16)23)15-22-13-11-21-14-17-7-2-3-9-18(17)22;/h2-3,7,9,16,19,21H,1,4-6,8,10-15H2;1H. The summed E-state index contributed by atoms with van der Waals surface area (Å²) in [6.45, 7) is 4.24. The smallest absolute Gasteiger partial charge is 0.242 e. The Bertz CT molecular complexity index is 592. The molecule has 1 aromatic carbocycles. The molecule has 1 amide bonds. The molecule has 1 N–H and O–H groups in total. The third kappa shape index (κ3) is 3.95. The Labute approximate surface area is 157 Å². The summed E-state index contributed by atoms with van der Waals surface area (Å²) >= 11 is 0. The average Bonchev–Trinajstić information content (AvgIpc) is 2.84. The van der Waals surface area contributed by atoms with Crippen molar-refractivity contribution in [2.45, 2.75) is 51.1 Å². The van der Waals surface area contributed by atoms with E-state index in [1.54, 1.807) is 0 Å². The maximum atomic E-state index is 13.1. The summed E-state index contributed by atoms with van der Waals surface area (Å²) in [6, 6.07) is 9.02. The third-order valence-electron chi connectivity index (χ3n) is 6.10. The molecule has 0 bridgehead atoms. The second-order valence-corrected chi connectivity index (χ2v) is 7.57. The summed E-state index contributed by atoms with van der Waals surface area (Å²) in [7, 11) is 0. The molecule has 4 rings (SSSR count). The fraction of sp³-hybridized carbons (Fsp3) is 0.650. The Morgan fingerprint density at radius 3 is 2.80 bits per heavy atom. The number of anilines is 1. The SMILES string of the molecule is Cl.O=C(CN1CCNCc2ccccc21)N1CCCC2CCCCC21. The summed E-state index contributed by atoms with van der Waals surface area (Å²) in [6.07, 6.45) is 7.70. The van der Waals surface area contributed by atoms with Crippen molar-refractivity contribution in [2.24, 2.45) is 5.92 Å². The van der Waals surface area contributed by atoms with Gasteiger partial charge < -0.3 is 15.1 Å². The zero-order chi connectivity index (χ0) is 16.4. The van der Waals surface area contributed by atoms with Crippen LogP contribution in [-0.4, -0.2) is 43.0 Å². The van der Waals surface area contributed by atoms with Gasteiger partial charge in [-0.3, -0.25) is 4.79 Å². The van der Waals surface area contributed by atoms with E-state index in [2.05, 4.69) is 39.4 Å². The van der Waals surface area contributed by atoms with Crippen LogP contribution in [0.3, 0.4) is 0 Å². The molecule has 2 aliphatic heterocycles. The Hall–Kier alpha value is -1.26. The maximum Gasteiger partial charge on any atom is 0.242 e. The summed E-state index contributed by atoms with van der Waals surface area (Å²) in [5.41, 5.74) is 2.53. The first-order valence-corrected chi connectivity index (χ1v) is 9.66. The van der Waals surface area contributed by atoms with E-state index >= 15 is 0 Å². The van der Waals surface area contributed by atoms with Crippen molar-refractivity contribution in [3.05, 3.63) is 29.8 Å². The van der Waals surface area contributed by atoms with E-state index in [4.69, 9.17) is 0 Å². The van der Waals surface area contributed by atoms with Crippen molar-refractivity contribution in [2.75, 3.05) is 31.1 Å². The molecule has 5 heteroatoms. The number of carbonyl (C=O) groups excluding carboxylic acids is 1. The lowest BCUT2D eigenvalue weighted by molar-refractivity contribution is -0.136. The van der Waals surface area contributed by atoms with Crippen molar-refractivity contribution in [3.8, 4) is 0 Å². The molecule has 0 aromatic heterocycles. The molecule has 25 heavy (non-hydrogen) atoms. The Morgan fingerprint density at radius 1 is 1.08 bits per heavy atom. The molecule has 4 nitrogen and oxygen atoms in total. The first-order valence-electron chi connectivity index (χ1n) is 9.66. The number of fused-ring (bicyclic) bond motifs is 2. The monoisotopic (exact) mass is 363 g/mol. The molecule has 3 aliphatic rings. The highest BCUT2D eigenvalue weighted by Crippen LogP contribution is 2.35. The molecule has 138 valence electrons. The van der Waals surface area contributed by atoms with Crippen LogP contribution in [0.1, 0.15) is 44.1 Å². The van der Waals surface area contributed by atoms with Crippen LogP contribution in [0.4, 0.5) is 5.69 Å². The van der Waals surface area contributed by atoms with E-state index in [-0.39, 0.29) is 12.4 Å². The van der Waals surface area contributed by atoms with E-state index in [1.165, 1.54) is 49.8 Å². The number of rotatable bonds is 2. The number of amides is 1. The topological polar surface area (TPSA) is 35.6 Å². The Kier molecular flexibility index (Phi) is 6.24. The minimum Gasteiger partial charge on any atom is -0.361 e. The molecule has 2 unspecified atom stereocenters. The molecule has 0 radical (unpaired) electrons. The van der Waals surface area contributed by atoms with Gasteiger partial charge >= 0.3 is 0 Å². The first-order chi connectivity index (χ1) is 11.8. The van der Waals surface area contributed by atoms with Crippen LogP contribution < -0.4 is 10.2 Å². The minimum absolute atomic E-state index is 0. The molecule has 2 atom stereocenters. The van der Waals surface area contributed by atoms with E-state index in [1.807, 2.05) is 0 Å². The van der Waals surface area contributed by atoms with Gasteiger partial charge in [-0.25, -0.2) is 0 Å². The molecular formula is C20H30ClN3O. The second-order valence-electron chi connectivity index (χ2n) is 7.57. The molecule has 1 saturated carbocycles.